The van der Waals surface area contributed by atoms with E-state index in [1.807, 2.05) is 11.3 Å². The Labute approximate surface area is 104 Å². The Morgan fingerprint density at radius 2 is 2.33 bits per heavy atom. The lowest BCUT2D eigenvalue weighted by atomic mass is 10.3. The zero-order valence-corrected chi connectivity index (χ0v) is 11.2. The summed E-state index contributed by atoms with van der Waals surface area (Å²) in [6.45, 7) is 5.98. The van der Waals surface area contributed by atoms with E-state index < -0.39 is 0 Å². The molecule has 1 aliphatic heterocycles. The Morgan fingerprint density at radius 3 is 3.13 bits per heavy atom. The third-order valence-electron chi connectivity index (χ3n) is 2.73. The van der Waals surface area contributed by atoms with Gasteiger partial charge in [-0.25, -0.2) is 0 Å². The summed E-state index contributed by atoms with van der Waals surface area (Å²) in [4.78, 5) is 4.05. The van der Waals surface area contributed by atoms with Gasteiger partial charge in [0.15, 0.2) is 0 Å². The summed E-state index contributed by atoms with van der Waals surface area (Å²) in [7, 11) is 0. The number of thiophene rings is 1. The van der Waals surface area contributed by atoms with Gasteiger partial charge >= 0.3 is 0 Å². The zero-order chi connectivity index (χ0) is 10.5. The smallest absolute Gasteiger partial charge is 0.0285 e. The van der Waals surface area contributed by atoms with Crippen LogP contribution in [0.4, 0.5) is 0 Å². The van der Waals surface area contributed by atoms with Crippen molar-refractivity contribution >= 4 is 27.3 Å². The molecule has 2 nitrogen and oxygen atoms in total. The summed E-state index contributed by atoms with van der Waals surface area (Å²) in [5.74, 6) is 0. The number of nitrogens with zero attached hydrogens (tertiary/aromatic N) is 1. The van der Waals surface area contributed by atoms with Crippen molar-refractivity contribution in [2.75, 3.05) is 32.7 Å². The van der Waals surface area contributed by atoms with Gasteiger partial charge in [0.2, 0.25) is 0 Å². The van der Waals surface area contributed by atoms with E-state index in [-0.39, 0.29) is 0 Å². The van der Waals surface area contributed by atoms with E-state index in [1.165, 1.54) is 48.4 Å². The van der Waals surface area contributed by atoms with Crippen LogP contribution in [0.5, 0.6) is 0 Å². The first-order chi connectivity index (χ1) is 7.34. The molecule has 1 aromatic heterocycles. The zero-order valence-electron chi connectivity index (χ0n) is 8.84. The normalized spacial score (nSPS) is 19.0. The molecule has 0 saturated carbocycles. The lowest BCUT2D eigenvalue weighted by Crippen LogP contribution is -2.29. The average molecular weight is 289 g/mol. The van der Waals surface area contributed by atoms with Gasteiger partial charge in [0.1, 0.15) is 0 Å². The molecule has 2 rings (SSSR count). The second-order valence-corrected chi connectivity index (χ2v) is 5.84. The quantitative estimate of drug-likeness (QED) is 0.919. The minimum absolute atomic E-state index is 1.15. The molecule has 0 amide bonds. The first-order valence-corrected chi connectivity index (χ1v) is 7.18. The number of halogens is 1. The van der Waals surface area contributed by atoms with Crippen molar-refractivity contribution in [1.82, 2.24) is 10.2 Å². The highest BCUT2D eigenvalue weighted by Gasteiger charge is 2.08. The van der Waals surface area contributed by atoms with Gasteiger partial charge in [-0.2, -0.15) is 0 Å². The maximum atomic E-state index is 3.50. The van der Waals surface area contributed by atoms with Crippen LogP contribution in [-0.4, -0.2) is 37.6 Å². The van der Waals surface area contributed by atoms with Crippen molar-refractivity contribution in [3.8, 4) is 0 Å². The van der Waals surface area contributed by atoms with Crippen LogP contribution in [0.2, 0.25) is 0 Å². The van der Waals surface area contributed by atoms with Crippen molar-refractivity contribution in [3.63, 3.8) is 0 Å². The van der Waals surface area contributed by atoms with Crippen molar-refractivity contribution in [2.24, 2.45) is 0 Å². The Hall–Kier alpha value is 0.1000. The van der Waals surface area contributed by atoms with E-state index >= 15 is 0 Å². The summed E-state index contributed by atoms with van der Waals surface area (Å²) in [5.41, 5.74) is 0. The molecule has 84 valence electrons. The van der Waals surface area contributed by atoms with Crippen LogP contribution in [0.25, 0.3) is 0 Å². The molecule has 1 saturated heterocycles. The topological polar surface area (TPSA) is 15.3 Å². The SMILES string of the molecule is Brc1csc(CCN2CCCNCC2)c1. The molecule has 2 heterocycles. The molecule has 1 N–H and O–H groups in total. The predicted molar refractivity (Wildman–Crippen MR) is 69.6 cm³/mol. The maximum Gasteiger partial charge on any atom is 0.0285 e. The molecular formula is C11H17BrN2S. The minimum atomic E-state index is 1.15. The van der Waals surface area contributed by atoms with Gasteiger partial charge in [-0.1, -0.05) is 0 Å². The van der Waals surface area contributed by atoms with Crippen LogP contribution < -0.4 is 5.32 Å². The molecule has 1 fully saturated rings. The summed E-state index contributed by atoms with van der Waals surface area (Å²) in [6.07, 6.45) is 2.48. The summed E-state index contributed by atoms with van der Waals surface area (Å²) in [6, 6.07) is 2.24. The number of hydrogen-bond donors (Lipinski definition) is 1. The van der Waals surface area contributed by atoms with Gasteiger partial charge in [-0.15, -0.1) is 11.3 Å². The maximum absolute atomic E-state index is 3.50. The van der Waals surface area contributed by atoms with Gasteiger partial charge < -0.3 is 10.2 Å². The van der Waals surface area contributed by atoms with Crippen LogP contribution in [0.3, 0.4) is 0 Å². The Morgan fingerprint density at radius 1 is 1.40 bits per heavy atom. The van der Waals surface area contributed by atoms with Gasteiger partial charge in [0.25, 0.3) is 0 Å². The highest BCUT2D eigenvalue weighted by atomic mass is 79.9. The molecule has 15 heavy (non-hydrogen) atoms. The van der Waals surface area contributed by atoms with Gasteiger partial charge in [-0.05, 0) is 47.9 Å². The van der Waals surface area contributed by atoms with Crippen LogP contribution in [0, 0.1) is 0 Å². The first kappa shape index (κ1) is 11.6. The molecule has 4 heteroatoms. The number of nitrogens with one attached hydrogen (secondary N) is 1. The molecule has 0 radical (unpaired) electrons. The molecule has 0 aromatic carbocycles. The second-order valence-electron chi connectivity index (χ2n) is 3.93. The van der Waals surface area contributed by atoms with Crippen LogP contribution in [0.15, 0.2) is 15.9 Å². The third-order valence-corrected chi connectivity index (χ3v) is 4.49. The lowest BCUT2D eigenvalue weighted by Gasteiger charge is -2.18. The highest BCUT2D eigenvalue weighted by molar-refractivity contribution is 9.10. The van der Waals surface area contributed by atoms with Crippen molar-refractivity contribution in [1.29, 1.82) is 0 Å². The van der Waals surface area contributed by atoms with E-state index in [1.54, 1.807) is 0 Å². The van der Waals surface area contributed by atoms with E-state index in [4.69, 9.17) is 0 Å². The molecule has 1 aliphatic rings. The molecule has 1 aromatic rings. The fourth-order valence-corrected chi connectivity index (χ4v) is 3.32. The third kappa shape index (κ3) is 3.87. The Kier molecular flexibility index (Phi) is 4.62. The lowest BCUT2D eigenvalue weighted by molar-refractivity contribution is 0.297. The second kappa shape index (κ2) is 5.99. The van der Waals surface area contributed by atoms with E-state index in [0.717, 1.165) is 6.54 Å². The minimum Gasteiger partial charge on any atom is -0.315 e. The fourth-order valence-electron chi connectivity index (χ4n) is 1.88. The van der Waals surface area contributed by atoms with Gasteiger partial charge in [-0.3, -0.25) is 0 Å². The predicted octanol–water partition coefficient (Wildman–Crippen LogP) is 2.35. The number of rotatable bonds is 3. The van der Waals surface area contributed by atoms with Gasteiger partial charge in [0, 0.05) is 34.4 Å². The summed E-state index contributed by atoms with van der Waals surface area (Å²) < 4.78 is 1.22. The fraction of sp³-hybridized carbons (Fsp3) is 0.636. The van der Waals surface area contributed by atoms with Crippen LogP contribution in [0.1, 0.15) is 11.3 Å². The number of hydrogen-bond acceptors (Lipinski definition) is 3. The molecule has 0 bridgehead atoms. The average Bonchev–Trinajstić information content (AvgIpc) is 2.52. The molecular weight excluding hydrogens is 272 g/mol. The van der Waals surface area contributed by atoms with Crippen LogP contribution >= 0.6 is 27.3 Å². The largest absolute Gasteiger partial charge is 0.315 e. The molecule has 0 spiro atoms. The molecule has 0 unspecified atom stereocenters. The first-order valence-electron chi connectivity index (χ1n) is 5.50. The van der Waals surface area contributed by atoms with Gasteiger partial charge in [0.05, 0.1) is 0 Å². The van der Waals surface area contributed by atoms with Crippen molar-refractivity contribution in [2.45, 2.75) is 12.8 Å². The summed E-state index contributed by atoms with van der Waals surface area (Å²) >= 11 is 5.35. The molecule has 0 atom stereocenters. The van der Waals surface area contributed by atoms with E-state index in [2.05, 4.69) is 37.6 Å². The Bertz CT molecular complexity index is 293. The van der Waals surface area contributed by atoms with Crippen LogP contribution in [-0.2, 0) is 6.42 Å². The standard InChI is InChI=1S/C11H17BrN2S/c12-10-8-11(15-9-10)2-6-14-5-1-3-13-4-7-14/h8-9,13H,1-7H2. The van der Waals surface area contributed by atoms with E-state index in [9.17, 15) is 0 Å². The van der Waals surface area contributed by atoms with Crippen molar-refractivity contribution in [3.05, 3.63) is 20.8 Å². The van der Waals surface area contributed by atoms with E-state index in [0.29, 0.717) is 0 Å². The van der Waals surface area contributed by atoms with Crippen molar-refractivity contribution < 1.29 is 0 Å². The Balaban J connectivity index is 1.76. The summed E-state index contributed by atoms with van der Waals surface area (Å²) in [5, 5.41) is 5.60. The molecule has 0 aliphatic carbocycles. The highest BCUT2D eigenvalue weighted by Crippen LogP contribution is 2.20. The monoisotopic (exact) mass is 288 g/mol.